The molecule has 49 heavy (non-hydrogen) atoms. The first kappa shape index (κ1) is 40.9. The highest BCUT2D eigenvalue weighted by Gasteiger charge is 2.33. The van der Waals surface area contributed by atoms with Gasteiger partial charge in [-0.3, -0.25) is 19.4 Å². The minimum Gasteiger partial charge on any atom is -0.469 e. The number of unbranched alkanes of at least 4 members (excludes halogenated alkanes) is 1. The van der Waals surface area contributed by atoms with Gasteiger partial charge in [0.05, 0.1) is 24.9 Å². The van der Waals surface area contributed by atoms with Gasteiger partial charge in [-0.05, 0) is 58.2 Å². The van der Waals surface area contributed by atoms with Crippen molar-refractivity contribution >= 4 is 34.3 Å². The number of esters is 1. The molecule has 0 aliphatic carbocycles. The molecule has 1 amide bonds. The number of hydrogen-bond acceptors (Lipinski definition) is 5. The number of pyridine rings is 1. The molecule has 0 saturated heterocycles. The van der Waals surface area contributed by atoms with Crippen LogP contribution in [0.2, 0.25) is 0 Å². The molecule has 266 valence electrons. The van der Waals surface area contributed by atoms with Gasteiger partial charge in [-0.15, -0.1) is 6.58 Å². The van der Waals surface area contributed by atoms with E-state index in [-0.39, 0.29) is 30.0 Å². The lowest BCUT2D eigenvalue weighted by Crippen LogP contribution is -2.44. The third-order valence-electron chi connectivity index (χ3n) is 8.66. The number of carbonyl (C=O) groups excluding carboxylic acids is 3. The van der Waals surface area contributed by atoms with E-state index >= 15 is 0 Å². The van der Waals surface area contributed by atoms with Gasteiger partial charge in [-0.2, -0.15) is 0 Å². The molecule has 0 N–H and O–H groups in total. The highest BCUT2D eigenvalue weighted by Crippen LogP contribution is 2.36. The van der Waals surface area contributed by atoms with Gasteiger partial charge in [0.2, 0.25) is 5.91 Å². The number of anilines is 1. The molecule has 0 saturated carbocycles. The van der Waals surface area contributed by atoms with Crippen LogP contribution in [0.4, 0.5) is 5.69 Å². The first-order valence-electron chi connectivity index (χ1n) is 18.0. The predicted molar refractivity (Wildman–Crippen MR) is 204 cm³/mol. The molecule has 1 aliphatic rings. The van der Waals surface area contributed by atoms with Crippen molar-refractivity contribution in [3.05, 3.63) is 96.0 Å². The van der Waals surface area contributed by atoms with Crippen LogP contribution in [0.15, 0.2) is 84.7 Å². The molecule has 1 aromatic carbocycles. The molecule has 1 aliphatic heterocycles. The Labute approximate surface area is 295 Å². The topological polar surface area (TPSA) is 81.5 Å². The lowest BCUT2D eigenvalue weighted by Gasteiger charge is -2.37. The van der Waals surface area contributed by atoms with Crippen LogP contribution in [0.5, 0.6) is 0 Å². The van der Waals surface area contributed by atoms with Gasteiger partial charge in [-0.1, -0.05) is 95.4 Å². The van der Waals surface area contributed by atoms with Crippen molar-refractivity contribution in [2.75, 3.05) is 12.0 Å². The number of ketones is 1. The molecule has 0 bridgehead atoms. The van der Waals surface area contributed by atoms with Gasteiger partial charge in [0, 0.05) is 59.4 Å². The van der Waals surface area contributed by atoms with Crippen molar-refractivity contribution in [1.82, 2.24) is 9.55 Å². The van der Waals surface area contributed by atoms with Gasteiger partial charge in [0.15, 0.2) is 5.78 Å². The van der Waals surface area contributed by atoms with E-state index in [0.717, 1.165) is 65.5 Å². The summed E-state index contributed by atoms with van der Waals surface area (Å²) < 4.78 is 6.69. The Morgan fingerprint density at radius 1 is 1.04 bits per heavy atom. The van der Waals surface area contributed by atoms with E-state index in [1.54, 1.807) is 6.08 Å². The van der Waals surface area contributed by atoms with Crippen LogP contribution < -0.4 is 4.90 Å². The lowest BCUT2D eigenvalue weighted by atomic mass is 9.92. The second-order valence-electron chi connectivity index (χ2n) is 12.6. The highest BCUT2D eigenvalue weighted by molar-refractivity contribution is 6.16. The number of hydrogen-bond donors (Lipinski definition) is 0. The summed E-state index contributed by atoms with van der Waals surface area (Å²) in [5.74, 6) is 0.308. The van der Waals surface area contributed by atoms with Gasteiger partial charge < -0.3 is 14.2 Å². The fourth-order valence-corrected chi connectivity index (χ4v) is 6.14. The molecule has 2 unspecified atom stereocenters. The van der Waals surface area contributed by atoms with Crippen molar-refractivity contribution in [3.63, 3.8) is 0 Å². The van der Waals surface area contributed by atoms with Gasteiger partial charge in [0.1, 0.15) is 0 Å². The Hall–Kier alpha value is -4.26. The molecule has 7 nitrogen and oxygen atoms in total. The Morgan fingerprint density at radius 3 is 2.39 bits per heavy atom. The molecule has 7 heteroatoms. The van der Waals surface area contributed by atoms with E-state index < -0.39 is 0 Å². The molecule has 0 radical (unpaired) electrons. The van der Waals surface area contributed by atoms with E-state index in [1.807, 2.05) is 85.1 Å². The zero-order valence-electron chi connectivity index (χ0n) is 31.3. The SMILES string of the molecule is C/C=C(C)\C=C(/CCC)C(=O)c1cn(CCC(=O)OC)c2ccccc12.C=CC.CCCCC(CCC)N1C(=O)CC(C)c2ncccc21. The Balaban J connectivity index is 0.000000324. The Bertz CT molecular complexity index is 1580. The number of benzene rings is 1. The summed E-state index contributed by atoms with van der Waals surface area (Å²) in [6.45, 7) is 18.3. The largest absolute Gasteiger partial charge is 0.469 e. The van der Waals surface area contributed by atoms with Gasteiger partial charge in [0.25, 0.3) is 0 Å². The molecular weight excluding hydrogens is 610 g/mol. The minimum atomic E-state index is -0.258. The first-order chi connectivity index (χ1) is 23.6. The molecule has 0 fully saturated rings. The number of amides is 1. The lowest BCUT2D eigenvalue weighted by molar-refractivity contribution is -0.140. The normalized spacial score (nSPS) is 15.0. The van der Waals surface area contributed by atoms with Crippen LogP contribution in [-0.2, 0) is 20.9 Å². The monoisotopic (exact) mass is 669 g/mol. The average Bonchev–Trinajstić information content (AvgIpc) is 3.48. The highest BCUT2D eigenvalue weighted by atomic mass is 16.5. The molecule has 4 rings (SSSR count). The number of methoxy groups -OCH3 is 1. The fourth-order valence-electron chi connectivity index (χ4n) is 6.14. The van der Waals surface area contributed by atoms with Crippen molar-refractivity contribution in [3.8, 4) is 0 Å². The standard InChI is InChI=1S/C22H27NO3.C17H26N2O.C3H6/c1-5-9-17(14-16(3)6-2)22(25)19-15-23(13-12-21(24)26-4)20-11-8-7-10-18(19)20;1-4-6-9-14(8-5-2)19-15-10-7-11-18-17(15)13(3)12-16(19)20;1-3-2/h6-8,10-11,14-15H,5,9,12-13H2,1-4H3;7,10-11,13-14H,4-6,8-9,12H2,1-3H3;3H,1H2,2H3/b16-6-,17-14+;;. The molecule has 0 spiro atoms. The molecule has 3 aromatic rings. The van der Waals surface area contributed by atoms with Crippen LogP contribution >= 0.6 is 0 Å². The van der Waals surface area contributed by atoms with Crippen molar-refractivity contribution in [1.29, 1.82) is 0 Å². The van der Waals surface area contributed by atoms with E-state index in [1.165, 1.54) is 20.0 Å². The predicted octanol–water partition coefficient (Wildman–Crippen LogP) is 10.6. The van der Waals surface area contributed by atoms with Crippen LogP contribution in [0.3, 0.4) is 0 Å². The molecule has 2 atom stereocenters. The number of fused-ring (bicyclic) bond motifs is 2. The summed E-state index contributed by atoms with van der Waals surface area (Å²) in [5.41, 5.74) is 5.68. The smallest absolute Gasteiger partial charge is 0.307 e. The van der Waals surface area contributed by atoms with Crippen molar-refractivity contribution < 1.29 is 19.1 Å². The number of aryl methyl sites for hydroxylation is 1. The van der Waals surface area contributed by atoms with Crippen molar-refractivity contribution in [2.24, 2.45) is 0 Å². The number of rotatable bonds is 14. The van der Waals surface area contributed by atoms with Gasteiger partial charge >= 0.3 is 5.97 Å². The summed E-state index contributed by atoms with van der Waals surface area (Å²) in [6, 6.07) is 12.2. The van der Waals surface area contributed by atoms with E-state index in [9.17, 15) is 14.4 Å². The number of para-hydroxylation sites is 1. The zero-order valence-corrected chi connectivity index (χ0v) is 31.3. The second-order valence-corrected chi connectivity index (χ2v) is 12.6. The fraction of sp³-hybridized carbons (Fsp3) is 0.476. The number of carbonyl (C=O) groups is 3. The number of Topliss-reactive ketones (excluding diaryl/α,β-unsaturated/α-hetero) is 1. The van der Waals surface area contributed by atoms with E-state index in [0.29, 0.717) is 24.6 Å². The summed E-state index contributed by atoms with van der Waals surface area (Å²) in [5, 5.41) is 0.919. The third-order valence-corrected chi connectivity index (χ3v) is 8.66. The average molecular weight is 670 g/mol. The van der Waals surface area contributed by atoms with Crippen LogP contribution in [0.1, 0.15) is 128 Å². The maximum atomic E-state index is 13.2. The zero-order chi connectivity index (χ0) is 36.3. The maximum Gasteiger partial charge on any atom is 0.307 e. The van der Waals surface area contributed by atoms with Crippen molar-refractivity contribution in [2.45, 2.75) is 125 Å². The van der Waals surface area contributed by atoms with Crippen LogP contribution in [0.25, 0.3) is 10.9 Å². The number of allylic oxidation sites excluding steroid dienone is 5. The summed E-state index contributed by atoms with van der Waals surface area (Å²) in [7, 11) is 1.39. The quantitative estimate of drug-likeness (QED) is 0.0561. The third kappa shape index (κ3) is 11.7. The van der Waals surface area contributed by atoms with E-state index in [4.69, 9.17) is 4.74 Å². The van der Waals surface area contributed by atoms with E-state index in [2.05, 4.69) is 45.3 Å². The number of ether oxygens (including phenoxy) is 1. The summed E-state index contributed by atoms with van der Waals surface area (Å²) >= 11 is 0. The van der Waals surface area contributed by atoms with Crippen LogP contribution in [0, 0.1) is 0 Å². The van der Waals surface area contributed by atoms with Crippen LogP contribution in [-0.4, -0.2) is 40.4 Å². The summed E-state index contributed by atoms with van der Waals surface area (Å²) in [6.07, 6.45) is 17.6. The molecule has 3 heterocycles. The first-order valence-corrected chi connectivity index (χ1v) is 18.0. The maximum absolute atomic E-state index is 13.2. The minimum absolute atomic E-state index is 0.0565. The number of aromatic nitrogens is 2. The molecular formula is C42H59N3O4. The number of nitrogens with zero attached hydrogens (tertiary/aromatic N) is 3. The van der Waals surface area contributed by atoms with Gasteiger partial charge in [-0.25, -0.2) is 0 Å². The Kier molecular flexibility index (Phi) is 18.1. The molecule has 2 aromatic heterocycles. The Morgan fingerprint density at radius 2 is 1.76 bits per heavy atom. The second kappa shape index (κ2) is 21.7. The summed E-state index contributed by atoms with van der Waals surface area (Å²) in [4.78, 5) is 43.8.